The fraction of sp³-hybridized carbons (Fsp3) is 0.395. The molecule has 42 nitrogen and oxygen atoms in total. The van der Waals surface area contributed by atoms with Gasteiger partial charge in [0.2, 0.25) is 0 Å². The second-order valence-electron chi connectivity index (χ2n) is 27.0. The summed E-state index contributed by atoms with van der Waals surface area (Å²) < 4.78 is 0. The van der Waals surface area contributed by atoms with Crippen LogP contribution in [-0.4, -0.2) is 220 Å². The molecule has 0 saturated heterocycles. The van der Waals surface area contributed by atoms with Gasteiger partial charge in [0.15, 0.2) is 0 Å². The van der Waals surface area contributed by atoms with Crippen molar-refractivity contribution in [2.24, 2.45) is 143 Å². The first kappa shape index (κ1) is 156. The van der Waals surface area contributed by atoms with Gasteiger partial charge in [0.1, 0.15) is 0 Å². The summed E-state index contributed by atoms with van der Waals surface area (Å²) in [6.07, 6.45) is 10.4. The van der Waals surface area contributed by atoms with Gasteiger partial charge in [-0.3, -0.25) is 0 Å². The number of hydrogen-bond donors (Lipinski definition) is 14. The van der Waals surface area contributed by atoms with E-state index in [9.17, 15) is 0 Å². The Labute approximate surface area is 1040 Å². The average molecular weight is 2650 g/mol. The van der Waals surface area contributed by atoms with Crippen LogP contribution in [0, 0.1) is 0 Å². The first-order valence-electron chi connectivity index (χ1n) is 43.9. The van der Waals surface area contributed by atoms with Crippen LogP contribution in [0.4, 0.5) is 22.7 Å². The molecule has 4 aromatic carbocycles. The van der Waals surface area contributed by atoms with Gasteiger partial charge in [-0.2, -0.15) is 143 Å². The Balaban J connectivity index is -0.000000260. The molecular formula is C86H122Cu3N42S14Zn4. The standard InChI is InChI=1S/2C18H20N6S2.2C12H22N6S2.2C10H20N6S2.C6H12N6S2.3Cu.4Zn/c2*1-13(21-23-17(25)19-15-9-5-3-6-10-15)14(2)22-24-18(26)20-16-11-7-4-8-12-16;2*1-3-13-11(19)17-15-9-7-5-6-8-10(9)16-18-12(20)14-4-2;2*1-5-11-9(17)15-13-7(3)8(4)14-16-10(18)12-6-2;1-7-5(13)11-9-3-4-10-12-6(14)8-2;;;;;;;/h2*3-12H,1-2H3,(H2,19,23,25)(H2,20,24,26);2*3-8H2,1-2H3,(H2,13,17,19)(H2,14,18,20);2*5-6H2,1-4H3,(H2,11,15,17)(H2,12,16,18);3-4H,1-2H3,(H2,7,11,13)(H2,8,12,14);;;;;;;/q;;;;;;;7*+2/p-14. The first-order chi connectivity index (χ1) is 68.1. The van der Waals surface area contributed by atoms with E-state index in [1.54, 1.807) is 69.5 Å². The summed E-state index contributed by atoms with van der Waals surface area (Å²) in [6.45, 7) is 35.6. The molecule has 3 radical (unpaired) electrons. The van der Waals surface area contributed by atoms with Crippen LogP contribution in [0.2, 0.25) is 0 Å². The number of rotatable bonds is 31. The molecule has 63 heteroatoms. The Morgan fingerprint density at radius 3 is 0.510 bits per heavy atom. The molecule has 6 rings (SSSR count). The average Bonchev–Trinajstić information content (AvgIpc) is 0.881. The molecule has 0 spiro atoms. The van der Waals surface area contributed by atoms with E-state index in [1.165, 1.54) is 12.4 Å². The molecule has 149 heavy (non-hydrogen) atoms. The number of nitrogens with zero attached hydrogens (tertiary/aromatic N) is 28. The Bertz CT molecular complexity index is 4720. The summed E-state index contributed by atoms with van der Waals surface area (Å²) in [7, 11) is 3.33. The van der Waals surface area contributed by atoms with Crippen LogP contribution in [0.25, 0.3) is 0 Å². The van der Waals surface area contributed by atoms with Gasteiger partial charge in [-0.1, -0.05) is 72.8 Å². The maximum absolute atomic E-state index is 5.14. The molecule has 4 aromatic rings. The van der Waals surface area contributed by atoms with Gasteiger partial charge in [-0.15, -0.1) is 0 Å². The molecule has 2 aliphatic rings. The van der Waals surface area contributed by atoms with Crippen molar-refractivity contribution in [3.05, 3.63) is 121 Å². The fourth-order valence-corrected chi connectivity index (χ4v) is 10.9. The van der Waals surface area contributed by atoms with E-state index < -0.39 is 0 Å². The zero-order chi connectivity index (χ0) is 106. The van der Waals surface area contributed by atoms with Crippen molar-refractivity contribution in [2.45, 2.75) is 162 Å². The minimum absolute atomic E-state index is 0. The fourth-order valence-electron chi connectivity index (χ4n) is 8.65. The largest absolute Gasteiger partial charge is 2.00 e. The SMILES string of the molecule is CC(=NN=C([S-])Nc1ccccc1)C(C)=NN=C([S-])Nc1ccccc1.CC(=NN=C([S-])Nc1ccccc1)C(C)=NN=C([S-])Nc1ccccc1.CCNC([S-])=NN=C(C)C(C)=NN=C([S-])NCC.CCNC([S-])=NN=C(C)C(C)=NN=C([S-])NCC.CCNC([S-])=NN=C1CCCCC1=NN=C([S-])NCC.CCNC([S-])=NN=C1CCCCC1=NN=C([S-])NCC.CNC([S-])=NN=CC=NN=C([S-])NC.[Cu+2].[Cu+2].[Cu+2].[Zn+2].[Zn+2].[Zn+2].[Zn+2]. The molecule has 0 bridgehead atoms. The number of para-hydroxylation sites is 4. The molecule has 0 aliphatic heterocycles. The zero-order valence-corrected chi connectivity index (χ0v) is 112. The summed E-state index contributed by atoms with van der Waals surface area (Å²) in [5, 5.41) is 155. The van der Waals surface area contributed by atoms with E-state index in [-0.39, 0.29) is 150 Å². The Kier molecular flexibility index (Phi) is 108. The molecule has 2 fully saturated rings. The number of nitrogens with one attached hydrogen (secondary N) is 14. The molecule has 0 aromatic heterocycles. The van der Waals surface area contributed by atoms with Crippen molar-refractivity contribution in [1.82, 2.24) is 53.2 Å². The van der Waals surface area contributed by atoms with Crippen molar-refractivity contribution in [3.8, 4) is 0 Å². The number of anilines is 4. The quantitative estimate of drug-likeness (QED) is 0.00731. The molecule has 0 unspecified atom stereocenters. The second kappa shape index (κ2) is 103. The third-order valence-electron chi connectivity index (χ3n) is 15.9. The van der Waals surface area contributed by atoms with Crippen LogP contribution in [0.5, 0.6) is 0 Å². The topological polar surface area (TPSA) is 515 Å². The van der Waals surface area contributed by atoms with Crippen LogP contribution in [0.15, 0.2) is 264 Å². The summed E-state index contributed by atoms with van der Waals surface area (Å²) >= 11 is 69.7. The van der Waals surface area contributed by atoms with Gasteiger partial charge in [-0.25, -0.2) is 0 Å². The predicted octanol–water partition coefficient (Wildman–Crippen LogP) is 10.8. The Morgan fingerprint density at radius 1 is 0.215 bits per heavy atom. The van der Waals surface area contributed by atoms with E-state index in [0.29, 0.717) is 97.4 Å². The Hall–Kier alpha value is -8.03. The summed E-state index contributed by atoms with van der Waals surface area (Å²) in [4.78, 5) is 0. The van der Waals surface area contributed by atoms with Gasteiger partial charge >= 0.3 is 129 Å². The number of hydrogen-bond acceptors (Lipinski definition) is 42. The van der Waals surface area contributed by atoms with E-state index >= 15 is 0 Å². The summed E-state index contributed by atoms with van der Waals surface area (Å²) in [5.74, 6) is 0. The van der Waals surface area contributed by atoms with Crippen molar-refractivity contribution in [1.29, 1.82) is 0 Å². The first-order valence-corrected chi connectivity index (χ1v) is 49.6. The van der Waals surface area contributed by atoms with Crippen LogP contribution in [0.3, 0.4) is 0 Å². The van der Waals surface area contributed by atoms with Crippen LogP contribution < -0.4 is 74.4 Å². The predicted molar refractivity (Wildman–Crippen MR) is 644 cm³/mol. The zero-order valence-electron chi connectivity index (χ0n) is 86.0. The van der Waals surface area contributed by atoms with E-state index in [4.69, 9.17) is 177 Å². The van der Waals surface area contributed by atoms with Crippen molar-refractivity contribution in [2.75, 3.05) is 87.7 Å². The normalized spacial score (nSPS) is 15.3. The monoisotopic (exact) mass is 2640 g/mol. The number of amidine groups is 14. The smallest absolute Gasteiger partial charge is 0.741 e. The summed E-state index contributed by atoms with van der Waals surface area (Å²) in [6, 6.07) is 38.1. The van der Waals surface area contributed by atoms with Crippen molar-refractivity contribution < 1.29 is 129 Å². The van der Waals surface area contributed by atoms with Gasteiger partial charge < -0.3 is 251 Å². The minimum Gasteiger partial charge on any atom is -0.741 e. The number of benzene rings is 4. The van der Waals surface area contributed by atoms with Crippen molar-refractivity contribution >= 4 is 353 Å². The van der Waals surface area contributed by atoms with Crippen LogP contribution >= 0.6 is 0 Å². The molecule has 801 valence electrons. The van der Waals surface area contributed by atoms with E-state index in [0.717, 1.165) is 149 Å². The van der Waals surface area contributed by atoms with Crippen LogP contribution in [-0.2, 0) is 306 Å². The van der Waals surface area contributed by atoms with E-state index in [1.807, 2.05) is 177 Å². The maximum Gasteiger partial charge on any atom is 2.00 e. The van der Waals surface area contributed by atoms with Gasteiger partial charge in [0, 0.05) is 110 Å². The van der Waals surface area contributed by atoms with Gasteiger partial charge in [-0.05, 0) is 262 Å². The molecule has 14 N–H and O–H groups in total. The summed E-state index contributed by atoms with van der Waals surface area (Å²) in [5.41, 5.74) is 11.7. The molecular weight excluding hydrogens is 2520 g/mol. The maximum atomic E-state index is 5.14. The third-order valence-corrected chi connectivity index (χ3v) is 19.1. The van der Waals surface area contributed by atoms with E-state index in [2.05, 4.69) is 217 Å². The molecule has 0 atom stereocenters. The van der Waals surface area contributed by atoms with Gasteiger partial charge in [0.05, 0.1) is 81.0 Å². The molecule has 2 saturated carbocycles. The van der Waals surface area contributed by atoms with Gasteiger partial charge in [0.25, 0.3) is 0 Å². The third kappa shape index (κ3) is 87.0. The van der Waals surface area contributed by atoms with Crippen molar-refractivity contribution in [3.63, 3.8) is 0 Å². The Morgan fingerprint density at radius 2 is 0.362 bits per heavy atom. The molecule has 0 heterocycles. The molecule has 2 aliphatic carbocycles. The van der Waals surface area contributed by atoms with Crippen LogP contribution in [0.1, 0.15) is 162 Å². The molecule has 0 amide bonds. The minimum atomic E-state index is 0. The second-order valence-corrected chi connectivity index (χ2v) is 32.4.